The maximum Gasteiger partial charge on any atom is 0.123 e. The van der Waals surface area contributed by atoms with E-state index in [9.17, 15) is 4.39 Å². The fraction of sp³-hybridized carbons (Fsp3) is 0.538. The van der Waals surface area contributed by atoms with Gasteiger partial charge in [0.05, 0.1) is 0 Å². The van der Waals surface area contributed by atoms with Crippen molar-refractivity contribution in [2.45, 2.75) is 36.9 Å². The second-order valence-corrected chi connectivity index (χ2v) is 5.76. The average Bonchev–Trinajstić information content (AvgIpc) is 2.16. The summed E-state index contributed by atoms with van der Waals surface area (Å²) in [7, 11) is 0. The summed E-state index contributed by atoms with van der Waals surface area (Å²) in [6.07, 6.45) is 6.46. The van der Waals surface area contributed by atoms with Gasteiger partial charge in [-0.1, -0.05) is 47.3 Å². The van der Waals surface area contributed by atoms with Crippen LogP contribution in [0.1, 0.15) is 31.2 Å². The Balaban J connectivity index is 1.82. The number of hydrogen-bond acceptors (Lipinski definition) is 0. The molecule has 1 fully saturated rings. The van der Waals surface area contributed by atoms with Gasteiger partial charge in [-0.15, -0.1) is 0 Å². The zero-order valence-corrected chi connectivity index (χ0v) is 10.3. The smallest absolute Gasteiger partial charge is 0.123 e. The van der Waals surface area contributed by atoms with Crippen LogP contribution in [-0.2, 0) is 6.42 Å². The van der Waals surface area contributed by atoms with Crippen LogP contribution >= 0.6 is 15.9 Å². The van der Waals surface area contributed by atoms with Gasteiger partial charge in [0.2, 0.25) is 0 Å². The molecule has 1 unspecified atom stereocenters. The second kappa shape index (κ2) is 5.11. The maximum atomic E-state index is 12.7. The molecule has 1 saturated carbocycles. The summed E-state index contributed by atoms with van der Waals surface area (Å²) in [4.78, 5) is 0.549. The second-order valence-electron chi connectivity index (χ2n) is 4.46. The van der Waals surface area contributed by atoms with E-state index in [-0.39, 0.29) is 5.82 Å². The monoisotopic (exact) mass is 270 g/mol. The summed E-state index contributed by atoms with van der Waals surface area (Å²) in [6, 6.07) is 6.84. The first-order chi connectivity index (χ1) is 7.24. The van der Waals surface area contributed by atoms with Crippen molar-refractivity contribution < 1.29 is 4.39 Å². The van der Waals surface area contributed by atoms with Crippen LogP contribution in [0.25, 0.3) is 0 Å². The molecule has 1 aliphatic carbocycles. The molecule has 0 heterocycles. The van der Waals surface area contributed by atoms with Gasteiger partial charge in [-0.25, -0.2) is 4.39 Å². The Hall–Kier alpha value is -0.370. The van der Waals surface area contributed by atoms with Crippen molar-refractivity contribution in [1.82, 2.24) is 0 Å². The molecule has 0 saturated heterocycles. The molecule has 1 aromatic rings. The molecular weight excluding hydrogens is 255 g/mol. The highest BCUT2D eigenvalue weighted by Crippen LogP contribution is 2.33. The van der Waals surface area contributed by atoms with Gasteiger partial charge in [0.15, 0.2) is 0 Å². The number of hydrogen-bond donors (Lipinski definition) is 0. The summed E-state index contributed by atoms with van der Waals surface area (Å²) in [5.74, 6) is 0.777. The summed E-state index contributed by atoms with van der Waals surface area (Å²) in [5, 5.41) is 0. The lowest BCUT2D eigenvalue weighted by atomic mass is 9.81. The van der Waals surface area contributed by atoms with Gasteiger partial charge >= 0.3 is 0 Å². The maximum absolute atomic E-state index is 12.7. The fourth-order valence-corrected chi connectivity index (χ4v) is 2.95. The zero-order valence-electron chi connectivity index (χ0n) is 8.76. The van der Waals surface area contributed by atoms with E-state index in [1.54, 1.807) is 12.1 Å². The molecule has 82 valence electrons. The van der Waals surface area contributed by atoms with Gasteiger partial charge in [-0.2, -0.15) is 0 Å². The third kappa shape index (κ3) is 3.30. The van der Waals surface area contributed by atoms with Crippen LogP contribution in [0.5, 0.6) is 0 Å². The van der Waals surface area contributed by atoms with E-state index in [0.29, 0.717) is 4.83 Å². The summed E-state index contributed by atoms with van der Waals surface area (Å²) in [6.45, 7) is 0. The third-order valence-electron chi connectivity index (χ3n) is 3.18. The van der Waals surface area contributed by atoms with Gasteiger partial charge in [0.1, 0.15) is 5.82 Å². The number of halogens is 2. The molecule has 0 aliphatic heterocycles. The molecule has 1 aliphatic rings. The molecule has 1 atom stereocenters. The molecule has 0 radical (unpaired) electrons. The number of alkyl halides is 1. The van der Waals surface area contributed by atoms with Crippen LogP contribution in [0, 0.1) is 11.7 Å². The predicted molar refractivity (Wildman–Crippen MR) is 64.8 cm³/mol. The molecule has 0 N–H and O–H groups in total. The Bertz CT molecular complexity index is 303. The van der Waals surface area contributed by atoms with E-state index in [2.05, 4.69) is 15.9 Å². The Labute approximate surface area is 99.0 Å². The molecule has 0 aromatic heterocycles. The van der Waals surface area contributed by atoms with Crippen molar-refractivity contribution in [2.75, 3.05) is 0 Å². The molecule has 2 heteroatoms. The van der Waals surface area contributed by atoms with E-state index in [0.717, 1.165) is 12.3 Å². The van der Waals surface area contributed by atoms with Crippen LogP contribution in [0.2, 0.25) is 0 Å². The SMILES string of the molecule is Fc1ccc(CC(Br)CC2CCC2)cc1. The summed E-state index contributed by atoms with van der Waals surface area (Å²) < 4.78 is 12.7. The highest BCUT2D eigenvalue weighted by Gasteiger charge is 2.20. The Morgan fingerprint density at radius 3 is 2.47 bits per heavy atom. The van der Waals surface area contributed by atoms with Crippen LogP contribution in [0.3, 0.4) is 0 Å². The van der Waals surface area contributed by atoms with Gasteiger partial charge in [0, 0.05) is 4.83 Å². The fourth-order valence-electron chi connectivity index (χ4n) is 2.05. The first-order valence-electron chi connectivity index (χ1n) is 5.62. The van der Waals surface area contributed by atoms with Gasteiger partial charge in [-0.05, 0) is 36.5 Å². The highest BCUT2D eigenvalue weighted by atomic mass is 79.9. The molecule has 0 amide bonds. The van der Waals surface area contributed by atoms with Crippen LogP contribution < -0.4 is 0 Å². The minimum atomic E-state index is -0.149. The molecule has 15 heavy (non-hydrogen) atoms. The van der Waals surface area contributed by atoms with E-state index < -0.39 is 0 Å². The Morgan fingerprint density at radius 1 is 1.27 bits per heavy atom. The average molecular weight is 271 g/mol. The molecular formula is C13H16BrF. The predicted octanol–water partition coefficient (Wildman–Crippen LogP) is 4.32. The zero-order chi connectivity index (χ0) is 10.7. The summed E-state index contributed by atoms with van der Waals surface area (Å²) >= 11 is 3.71. The molecule has 1 aromatic carbocycles. The Morgan fingerprint density at radius 2 is 1.93 bits per heavy atom. The topological polar surface area (TPSA) is 0 Å². The van der Waals surface area contributed by atoms with Crippen molar-refractivity contribution in [3.8, 4) is 0 Å². The first kappa shape index (κ1) is 11.1. The minimum absolute atomic E-state index is 0.149. The number of rotatable bonds is 4. The Kier molecular flexibility index (Phi) is 3.79. The quantitative estimate of drug-likeness (QED) is 0.715. The first-order valence-corrected chi connectivity index (χ1v) is 6.54. The van der Waals surface area contributed by atoms with Crippen molar-refractivity contribution >= 4 is 15.9 Å². The van der Waals surface area contributed by atoms with Crippen molar-refractivity contribution in [3.05, 3.63) is 35.6 Å². The minimum Gasteiger partial charge on any atom is -0.207 e. The highest BCUT2D eigenvalue weighted by molar-refractivity contribution is 9.09. The van der Waals surface area contributed by atoms with Crippen molar-refractivity contribution in [2.24, 2.45) is 5.92 Å². The largest absolute Gasteiger partial charge is 0.207 e. The van der Waals surface area contributed by atoms with E-state index in [1.165, 1.54) is 31.2 Å². The van der Waals surface area contributed by atoms with E-state index >= 15 is 0 Å². The van der Waals surface area contributed by atoms with Gasteiger partial charge < -0.3 is 0 Å². The van der Waals surface area contributed by atoms with Gasteiger partial charge in [0.25, 0.3) is 0 Å². The van der Waals surface area contributed by atoms with Crippen LogP contribution in [-0.4, -0.2) is 4.83 Å². The van der Waals surface area contributed by atoms with Crippen LogP contribution in [0.15, 0.2) is 24.3 Å². The molecule has 0 spiro atoms. The van der Waals surface area contributed by atoms with Gasteiger partial charge in [-0.3, -0.25) is 0 Å². The normalized spacial score (nSPS) is 18.5. The lowest BCUT2D eigenvalue weighted by Gasteiger charge is -2.27. The standard InChI is InChI=1S/C13H16BrF/c14-12(8-10-2-1-3-10)9-11-4-6-13(15)7-5-11/h4-7,10,12H,1-3,8-9H2. The van der Waals surface area contributed by atoms with Crippen molar-refractivity contribution in [3.63, 3.8) is 0 Å². The van der Waals surface area contributed by atoms with E-state index in [1.807, 2.05) is 12.1 Å². The van der Waals surface area contributed by atoms with E-state index in [4.69, 9.17) is 0 Å². The lowest BCUT2D eigenvalue weighted by Crippen LogP contribution is -2.17. The van der Waals surface area contributed by atoms with Crippen molar-refractivity contribution in [1.29, 1.82) is 0 Å². The third-order valence-corrected chi connectivity index (χ3v) is 3.88. The summed E-state index contributed by atoms with van der Waals surface area (Å²) in [5.41, 5.74) is 1.22. The van der Waals surface area contributed by atoms with Crippen LogP contribution in [0.4, 0.5) is 4.39 Å². The molecule has 0 nitrogen and oxygen atoms in total. The molecule has 2 rings (SSSR count). The number of benzene rings is 1. The molecule has 0 bridgehead atoms. The lowest BCUT2D eigenvalue weighted by molar-refractivity contribution is 0.294.